The first kappa shape index (κ1) is 28.2. The van der Waals surface area contributed by atoms with E-state index < -0.39 is 0 Å². The van der Waals surface area contributed by atoms with E-state index in [1.165, 1.54) is 18.7 Å². The maximum Gasteiger partial charge on any atom is 0.253 e. The molecule has 0 saturated carbocycles. The van der Waals surface area contributed by atoms with Gasteiger partial charge in [-0.15, -0.1) is 0 Å². The minimum atomic E-state index is -0.389. The molecule has 10 heteroatoms. The van der Waals surface area contributed by atoms with Gasteiger partial charge in [0, 0.05) is 63.2 Å². The third kappa shape index (κ3) is 6.40. The Morgan fingerprint density at radius 1 is 1.03 bits per heavy atom. The lowest BCUT2D eigenvalue weighted by molar-refractivity contribution is -0.135. The van der Waals surface area contributed by atoms with Crippen molar-refractivity contribution in [1.29, 1.82) is 0 Å². The smallest absolute Gasteiger partial charge is 0.253 e. The minimum Gasteiger partial charge on any atom is -0.375 e. The number of carbonyl (C=O) groups is 3. The highest BCUT2D eigenvalue weighted by Crippen LogP contribution is 2.38. The zero-order chi connectivity index (χ0) is 27.4. The average molecular weight is 558 g/mol. The zero-order valence-corrected chi connectivity index (χ0v) is 23.4. The number of amides is 3. The molecule has 0 spiro atoms. The maximum absolute atomic E-state index is 13.0. The van der Waals surface area contributed by atoms with Crippen LogP contribution < -0.4 is 0 Å². The third-order valence-electron chi connectivity index (χ3n) is 6.59. The number of halogens is 1. The highest BCUT2D eigenvalue weighted by atomic mass is 35.5. The largest absolute Gasteiger partial charge is 0.375 e. The van der Waals surface area contributed by atoms with Crippen LogP contribution in [0.4, 0.5) is 0 Å². The average Bonchev–Trinajstić information content (AvgIpc) is 2.93. The zero-order valence-electron chi connectivity index (χ0n) is 21.8. The molecule has 2 aliphatic rings. The van der Waals surface area contributed by atoms with E-state index in [1.807, 2.05) is 30.3 Å². The van der Waals surface area contributed by atoms with Crippen molar-refractivity contribution >= 4 is 46.7 Å². The van der Waals surface area contributed by atoms with Gasteiger partial charge in [-0.05, 0) is 29.3 Å². The van der Waals surface area contributed by atoms with E-state index in [0.29, 0.717) is 61.1 Å². The van der Waals surface area contributed by atoms with Gasteiger partial charge in [-0.3, -0.25) is 14.4 Å². The number of thioether (sulfide) groups is 1. The van der Waals surface area contributed by atoms with Gasteiger partial charge in [-0.2, -0.15) is 0 Å². The summed E-state index contributed by atoms with van der Waals surface area (Å²) in [4.78, 5) is 43.0. The van der Waals surface area contributed by atoms with Gasteiger partial charge in [0.2, 0.25) is 5.91 Å². The fourth-order valence-electron chi connectivity index (χ4n) is 4.44. The van der Waals surface area contributed by atoms with Crippen LogP contribution in [0.5, 0.6) is 0 Å². The normalized spacial score (nSPS) is 19.7. The van der Waals surface area contributed by atoms with Crippen LogP contribution >= 0.6 is 23.4 Å². The van der Waals surface area contributed by atoms with Gasteiger partial charge in [0.05, 0.1) is 18.2 Å². The standard InChI is InChI=1S/C28H32ClN3O5S/c1-18(27(34)32-13-11-31(12-14-32)19(2)33)20-9-10-25(23(29)15-20)38-26-17-36-16-24(37-26)21-7-5-6-8-22(21)28(35)30(3)4/h5-10,15,24,26H,1,11-14,16-17H2,2-4H3. The van der Waals surface area contributed by atoms with Crippen molar-refractivity contribution in [3.63, 3.8) is 0 Å². The number of nitrogens with zero attached hydrogens (tertiary/aromatic N) is 3. The minimum absolute atomic E-state index is 0.0146. The molecular weight excluding hydrogens is 526 g/mol. The van der Waals surface area contributed by atoms with Crippen molar-refractivity contribution in [1.82, 2.24) is 14.7 Å². The van der Waals surface area contributed by atoms with Crippen molar-refractivity contribution in [3.8, 4) is 0 Å². The van der Waals surface area contributed by atoms with Crippen LogP contribution in [0, 0.1) is 0 Å². The van der Waals surface area contributed by atoms with E-state index in [4.69, 9.17) is 21.1 Å². The van der Waals surface area contributed by atoms with Crippen LogP contribution in [-0.4, -0.2) is 91.3 Å². The molecule has 4 rings (SSSR count). The summed E-state index contributed by atoms with van der Waals surface area (Å²) in [5, 5.41) is 0.483. The molecule has 2 heterocycles. The Labute approximate surface area is 232 Å². The van der Waals surface area contributed by atoms with Gasteiger partial charge in [-0.1, -0.05) is 54.2 Å². The second kappa shape index (κ2) is 12.3. The summed E-state index contributed by atoms with van der Waals surface area (Å²) in [5.74, 6) is -0.240. The quantitative estimate of drug-likeness (QED) is 0.500. The molecule has 2 aliphatic heterocycles. The molecule has 0 bridgehead atoms. The molecule has 2 aromatic rings. The molecule has 0 aliphatic carbocycles. The first-order valence-electron chi connectivity index (χ1n) is 12.4. The molecule has 2 fully saturated rings. The topological polar surface area (TPSA) is 79.4 Å². The lowest BCUT2D eigenvalue weighted by Crippen LogP contribution is -2.50. The lowest BCUT2D eigenvalue weighted by atomic mass is 10.0. The number of piperazine rings is 1. The van der Waals surface area contributed by atoms with Crippen LogP contribution in [-0.2, 0) is 19.1 Å². The maximum atomic E-state index is 13.0. The van der Waals surface area contributed by atoms with Crippen LogP contribution in [0.25, 0.3) is 5.57 Å². The molecule has 0 N–H and O–H groups in total. The van der Waals surface area contributed by atoms with Crippen LogP contribution in [0.15, 0.2) is 53.9 Å². The Morgan fingerprint density at radius 2 is 1.71 bits per heavy atom. The summed E-state index contributed by atoms with van der Waals surface area (Å²) in [6.07, 6.45) is -0.389. The monoisotopic (exact) mass is 557 g/mol. The summed E-state index contributed by atoms with van der Waals surface area (Å²) in [7, 11) is 3.44. The van der Waals surface area contributed by atoms with Gasteiger partial charge in [0.1, 0.15) is 11.5 Å². The molecule has 8 nitrogen and oxygen atoms in total. The molecular formula is C28H32ClN3O5S. The van der Waals surface area contributed by atoms with Gasteiger partial charge in [-0.25, -0.2) is 0 Å². The van der Waals surface area contributed by atoms with Gasteiger partial charge in [0.25, 0.3) is 11.8 Å². The van der Waals surface area contributed by atoms with Crippen molar-refractivity contribution < 1.29 is 23.9 Å². The molecule has 2 atom stereocenters. The molecule has 38 heavy (non-hydrogen) atoms. The summed E-state index contributed by atoms with van der Waals surface area (Å²) < 4.78 is 12.2. The Balaban J connectivity index is 1.41. The Hall–Kier alpha value is -2.85. The van der Waals surface area contributed by atoms with Gasteiger partial charge >= 0.3 is 0 Å². The highest BCUT2D eigenvalue weighted by molar-refractivity contribution is 8.00. The van der Waals surface area contributed by atoms with E-state index in [-0.39, 0.29) is 29.3 Å². The predicted octanol–water partition coefficient (Wildman–Crippen LogP) is 3.95. The number of hydrogen-bond acceptors (Lipinski definition) is 6. The second-order valence-electron chi connectivity index (χ2n) is 9.42. The van der Waals surface area contributed by atoms with E-state index >= 15 is 0 Å². The van der Waals surface area contributed by atoms with Crippen LogP contribution in [0.1, 0.15) is 34.5 Å². The summed E-state index contributed by atoms with van der Waals surface area (Å²) in [5.41, 5.74) is 2.05. The third-order valence-corrected chi connectivity index (χ3v) is 8.14. The number of carbonyl (C=O) groups excluding carboxylic acids is 3. The molecule has 3 amide bonds. The highest BCUT2D eigenvalue weighted by Gasteiger charge is 2.29. The summed E-state index contributed by atoms with van der Waals surface area (Å²) in [6, 6.07) is 12.8. The number of ether oxygens (including phenoxy) is 2. The molecule has 202 valence electrons. The Kier molecular flexibility index (Phi) is 9.15. The Bertz CT molecular complexity index is 1230. The van der Waals surface area contributed by atoms with Gasteiger partial charge in [0.15, 0.2) is 0 Å². The van der Waals surface area contributed by atoms with Crippen molar-refractivity contribution in [2.45, 2.75) is 23.4 Å². The fourth-order valence-corrected chi connectivity index (χ4v) is 5.71. The van der Waals surface area contributed by atoms with E-state index in [9.17, 15) is 14.4 Å². The van der Waals surface area contributed by atoms with E-state index in [2.05, 4.69) is 6.58 Å². The SMILES string of the molecule is C=C(C(=O)N1CCN(C(C)=O)CC1)c1ccc(SC2COCC(c3ccccc3C(=O)N(C)C)O2)c(Cl)c1. The Morgan fingerprint density at radius 3 is 2.37 bits per heavy atom. The second-order valence-corrected chi connectivity index (χ2v) is 11.0. The molecule has 0 aromatic heterocycles. The molecule has 0 radical (unpaired) electrons. The van der Waals surface area contributed by atoms with Crippen LogP contribution in [0.3, 0.4) is 0 Å². The van der Waals surface area contributed by atoms with Crippen molar-refractivity contribution in [2.24, 2.45) is 0 Å². The van der Waals surface area contributed by atoms with Gasteiger partial charge < -0.3 is 24.2 Å². The number of hydrogen-bond donors (Lipinski definition) is 0. The predicted molar refractivity (Wildman–Crippen MR) is 148 cm³/mol. The molecule has 2 unspecified atom stereocenters. The van der Waals surface area contributed by atoms with Crippen molar-refractivity contribution in [3.05, 3.63) is 70.8 Å². The van der Waals surface area contributed by atoms with Crippen LogP contribution in [0.2, 0.25) is 5.02 Å². The first-order chi connectivity index (χ1) is 18.2. The first-order valence-corrected chi connectivity index (χ1v) is 13.7. The van der Waals surface area contributed by atoms with E-state index in [1.54, 1.807) is 40.9 Å². The molecule has 2 saturated heterocycles. The fraction of sp³-hybridized carbons (Fsp3) is 0.393. The molecule has 2 aromatic carbocycles. The van der Waals surface area contributed by atoms with Crippen molar-refractivity contribution in [2.75, 3.05) is 53.5 Å². The number of benzene rings is 2. The summed E-state index contributed by atoms with van der Waals surface area (Å²) in [6.45, 7) is 8.25. The number of rotatable bonds is 6. The summed E-state index contributed by atoms with van der Waals surface area (Å²) >= 11 is 8.05. The van der Waals surface area contributed by atoms with E-state index in [0.717, 1.165) is 10.5 Å². The lowest BCUT2D eigenvalue weighted by Gasteiger charge is -2.34.